The lowest BCUT2D eigenvalue weighted by molar-refractivity contribution is -0.143. The predicted octanol–water partition coefficient (Wildman–Crippen LogP) is 0.251. The SMILES string of the molecule is COC(=O)C1CNC(=O)N1S(=O)(=O)c1ccc(C)cc1. The van der Waals surface area contributed by atoms with Gasteiger partial charge in [-0.3, -0.25) is 0 Å². The second-order valence-electron chi connectivity index (χ2n) is 4.34. The Morgan fingerprint density at radius 1 is 1.35 bits per heavy atom. The number of hydrogen-bond donors (Lipinski definition) is 1. The van der Waals surface area contributed by atoms with Crippen LogP contribution < -0.4 is 5.32 Å². The van der Waals surface area contributed by atoms with Crippen LogP contribution >= 0.6 is 0 Å². The van der Waals surface area contributed by atoms with E-state index in [1.807, 2.05) is 6.92 Å². The number of nitrogens with one attached hydrogen (secondary N) is 1. The van der Waals surface area contributed by atoms with Crippen molar-refractivity contribution >= 4 is 22.0 Å². The van der Waals surface area contributed by atoms with E-state index >= 15 is 0 Å². The molecular formula is C12H14N2O5S. The van der Waals surface area contributed by atoms with Crippen molar-refractivity contribution in [2.24, 2.45) is 0 Å². The number of hydrogen-bond acceptors (Lipinski definition) is 5. The molecule has 2 amide bonds. The van der Waals surface area contributed by atoms with Gasteiger partial charge in [0, 0.05) is 0 Å². The van der Waals surface area contributed by atoms with Gasteiger partial charge in [0.1, 0.15) is 0 Å². The molecule has 0 aromatic heterocycles. The number of sulfonamides is 1. The standard InChI is InChI=1S/C12H14N2O5S/c1-8-3-5-9(6-4-8)20(17,18)14-10(11(15)19-2)7-13-12(14)16/h3-6,10H,7H2,1-2H3,(H,13,16). The minimum atomic E-state index is -4.09. The van der Waals surface area contributed by atoms with E-state index in [1.54, 1.807) is 12.1 Å². The molecule has 1 aliphatic heterocycles. The molecule has 0 radical (unpaired) electrons. The summed E-state index contributed by atoms with van der Waals surface area (Å²) in [6.45, 7) is 1.72. The lowest BCUT2D eigenvalue weighted by Crippen LogP contribution is -2.44. The first-order valence-corrected chi connectivity index (χ1v) is 7.28. The molecule has 108 valence electrons. The summed E-state index contributed by atoms with van der Waals surface area (Å²) in [5.74, 6) is -0.779. The molecule has 2 rings (SSSR count). The van der Waals surface area contributed by atoms with E-state index in [0.29, 0.717) is 4.31 Å². The van der Waals surface area contributed by atoms with E-state index in [4.69, 9.17) is 0 Å². The lowest BCUT2D eigenvalue weighted by Gasteiger charge is -2.20. The van der Waals surface area contributed by atoms with Crippen molar-refractivity contribution in [3.63, 3.8) is 0 Å². The van der Waals surface area contributed by atoms with Gasteiger partial charge >= 0.3 is 12.0 Å². The third kappa shape index (κ3) is 2.34. The molecule has 0 bridgehead atoms. The van der Waals surface area contributed by atoms with Crippen LogP contribution in [0.25, 0.3) is 0 Å². The monoisotopic (exact) mass is 298 g/mol. The molecule has 1 saturated heterocycles. The molecule has 0 aliphatic carbocycles. The number of ether oxygens (including phenoxy) is 1. The summed E-state index contributed by atoms with van der Waals surface area (Å²) in [5, 5.41) is 2.33. The van der Waals surface area contributed by atoms with Crippen molar-refractivity contribution in [2.75, 3.05) is 13.7 Å². The summed E-state index contributed by atoms with van der Waals surface area (Å²) in [6.07, 6.45) is 0. The highest BCUT2D eigenvalue weighted by Crippen LogP contribution is 2.22. The summed E-state index contributed by atoms with van der Waals surface area (Å²) >= 11 is 0. The number of carbonyl (C=O) groups excluding carboxylic acids is 2. The quantitative estimate of drug-likeness (QED) is 0.807. The highest BCUT2D eigenvalue weighted by molar-refractivity contribution is 7.89. The Labute approximate surface area is 116 Å². The number of nitrogens with zero attached hydrogens (tertiary/aromatic N) is 1. The van der Waals surface area contributed by atoms with E-state index < -0.39 is 28.1 Å². The van der Waals surface area contributed by atoms with E-state index in [2.05, 4.69) is 10.1 Å². The Bertz CT molecular complexity index is 638. The van der Waals surface area contributed by atoms with Gasteiger partial charge < -0.3 is 10.1 Å². The minimum absolute atomic E-state index is 0.0472. The van der Waals surface area contributed by atoms with Gasteiger partial charge in [-0.25, -0.2) is 22.3 Å². The van der Waals surface area contributed by atoms with E-state index in [0.717, 1.165) is 12.7 Å². The summed E-state index contributed by atoms with van der Waals surface area (Å²) in [4.78, 5) is 23.3. The fourth-order valence-corrected chi connectivity index (χ4v) is 3.39. The first-order chi connectivity index (χ1) is 9.37. The smallest absolute Gasteiger partial charge is 0.332 e. The van der Waals surface area contributed by atoms with Crippen molar-refractivity contribution in [2.45, 2.75) is 17.9 Å². The Morgan fingerprint density at radius 2 is 1.95 bits per heavy atom. The van der Waals surface area contributed by atoms with Crippen LogP contribution in [-0.4, -0.2) is 44.4 Å². The van der Waals surface area contributed by atoms with Crippen molar-refractivity contribution in [1.82, 2.24) is 9.62 Å². The first kappa shape index (κ1) is 14.3. The highest BCUT2D eigenvalue weighted by atomic mass is 32.2. The molecule has 1 aromatic rings. The van der Waals surface area contributed by atoms with Crippen LogP contribution in [0.3, 0.4) is 0 Å². The fraction of sp³-hybridized carbons (Fsp3) is 0.333. The van der Waals surface area contributed by atoms with Gasteiger partial charge in [0.25, 0.3) is 10.0 Å². The molecule has 7 nitrogen and oxygen atoms in total. The third-order valence-electron chi connectivity index (χ3n) is 2.98. The van der Waals surface area contributed by atoms with Gasteiger partial charge in [0.2, 0.25) is 0 Å². The van der Waals surface area contributed by atoms with Crippen molar-refractivity contribution < 1.29 is 22.7 Å². The topological polar surface area (TPSA) is 92.8 Å². The van der Waals surface area contributed by atoms with Gasteiger partial charge in [-0.15, -0.1) is 0 Å². The summed E-state index contributed by atoms with van der Waals surface area (Å²) in [6, 6.07) is 4.01. The Hall–Kier alpha value is -2.09. The molecule has 0 saturated carbocycles. The predicted molar refractivity (Wildman–Crippen MR) is 69.4 cm³/mol. The van der Waals surface area contributed by atoms with Crippen LogP contribution in [0.2, 0.25) is 0 Å². The molecule has 0 spiro atoms. The number of esters is 1. The number of amides is 2. The number of urea groups is 1. The first-order valence-electron chi connectivity index (χ1n) is 5.84. The summed E-state index contributed by atoms with van der Waals surface area (Å²) < 4.78 is 29.9. The lowest BCUT2D eigenvalue weighted by atomic mass is 10.2. The van der Waals surface area contributed by atoms with E-state index in [1.165, 1.54) is 12.1 Å². The maximum Gasteiger partial charge on any atom is 0.332 e. The zero-order valence-corrected chi connectivity index (χ0v) is 11.8. The van der Waals surface area contributed by atoms with Crippen LogP contribution in [0.5, 0.6) is 0 Å². The summed E-state index contributed by atoms with van der Waals surface area (Å²) in [5.41, 5.74) is 0.888. The van der Waals surface area contributed by atoms with Crippen LogP contribution in [0.4, 0.5) is 4.79 Å². The van der Waals surface area contributed by atoms with Crippen LogP contribution in [0.1, 0.15) is 5.56 Å². The highest BCUT2D eigenvalue weighted by Gasteiger charge is 2.45. The van der Waals surface area contributed by atoms with Crippen LogP contribution in [0, 0.1) is 6.92 Å². The second kappa shape index (κ2) is 5.12. The van der Waals surface area contributed by atoms with Gasteiger partial charge in [-0.1, -0.05) is 17.7 Å². The van der Waals surface area contributed by atoms with Gasteiger partial charge in [0.15, 0.2) is 6.04 Å². The third-order valence-corrected chi connectivity index (χ3v) is 4.79. The van der Waals surface area contributed by atoms with Crippen molar-refractivity contribution in [3.8, 4) is 0 Å². The average Bonchev–Trinajstić information content (AvgIpc) is 2.81. The largest absolute Gasteiger partial charge is 0.467 e. The molecule has 8 heteroatoms. The van der Waals surface area contributed by atoms with Gasteiger partial charge in [-0.2, -0.15) is 0 Å². The molecule has 1 unspecified atom stereocenters. The molecule has 1 aliphatic rings. The molecule has 1 N–H and O–H groups in total. The van der Waals surface area contributed by atoms with Gasteiger partial charge in [-0.05, 0) is 19.1 Å². The van der Waals surface area contributed by atoms with Crippen molar-refractivity contribution in [3.05, 3.63) is 29.8 Å². The van der Waals surface area contributed by atoms with E-state index in [9.17, 15) is 18.0 Å². The fourth-order valence-electron chi connectivity index (χ4n) is 1.90. The zero-order valence-electron chi connectivity index (χ0n) is 11.0. The molecule has 1 atom stereocenters. The van der Waals surface area contributed by atoms with E-state index in [-0.39, 0.29) is 11.4 Å². The maximum atomic E-state index is 12.4. The number of methoxy groups -OCH3 is 1. The van der Waals surface area contributed by atoms with Gasteiger partial charge in [0.05, 0.1) is 18.6 Å². The zero-order chi connectivity index (χ0) is 14.9. The molecular weight excluding hydrogens is 284 g/mol. The normalized spacial score (nSPS) is 18.8. The molecule has 1 heterocycles. The number of aryl methyl sites for hydroxylation is 1. The minimum Gasteiger partial charge on any atom is -0.467 e. The van der Waals surface area contributed by atoms with Crippen molar-refractivity contribution in [1.29, 1.82) is 0 Å². The maximum absolute atomic E-state index is 12.4. The Balaban J connectivity index is 2.43. The number of benzene rings is 1. The average molecular weight is 298 g/mol. The Kier molecular flexibility index (Phi) is 3.67. The summed E-state index contributed by atoms with van der Waals surface area (Å²) in [7, 11) is -2.95. The Morgan fingerprint density at radius 3 is 2.50 bits per heavy atom. The number of rotatable bonds is 3. The van der Waals surface area contributed by atoms with Crippen LogP contribution in [-0.2, 0) is 19.6 Å². The molecule has 20 heavy (non-hydrogen) atoms. The molecule has 1 fully saturated rings. The van der Waals surface area contributed by atoms with Crippen LogP contribution in [0.15, 0.2) is 29.2 Å². The number of carbonyl (C=O) groups is 2. The molecule has 1 aromatic carbocycles. The second-order valence-corrected chi connectivity index (χ2v) is 6.15.